The van der Waals surface area contributed by atoms with E-state index in [0.29, 0.717) is 30.4 Å². The van der Waals surface area contributed by atoms with E-state index in [1.54, 1.807) is 4.90 Å². The average Bonchev–Trinajstić information content (AvgIpc) is 3.02. The summed E-state index contributed by atoms with van der Waals surface area (Å²) in [6, 6.07) is 4.23. The lowest BCUT2D eigenvalue weighted by atomic mass is 9.93. The number of hydrogen-bond donors (Lipinski definition) is 2. The van der Waals surface area contributed by atoms with Crippen molar-refractivity contribution in [1.82, 2.24) is 15.1 Å². The molecule has 3 rings (SSSR count). The largest absolute Gasteiger partial charge is 0.481 e. The van der Waals surface area contributed by atoms with Gasteiger partial charge in [0.05, 0.1) is 10.4 Å². The molecule has 2 heterocycles. The van der Waals surface area contributed by atoms with Gasteiger partial charge in [-0.3, -0.25) is 24.8 Å². The molecule has 1 aliphatic heterocycles. The first-order chi connectivity index (χ1) is 12.0. The summed E-state index contributed by atoms with van der Waals surface area (Å²) in [5, 5.41) is 26.9. The van der Waals surface area contributed by atoms with Crippen molar-refractivity contribution in [2.24, 2.45) is 5.92 Å². The van der Waals surface area contributed by atoms with E-state index in [-0.39, 0.29) is 29.6 Å². The van der Waals surface area contributed by atoms with Gasteiger partial charge in [0.25, 0.3) is 11.6 Å². The molecule has 0 radical (unpaired) electrons. The van der Waals surface area contributed by atoms with Gasteiger partial charge >= 0.3 is 5.97 Å². The Labute approximate surface area is 142 Å². The van der Waals surface area contributed by atoms with Gasteiger partial charge < -0.3 is 10.0 Å². The lowest BCUT2D eigenvalue weighted by Gasteiger charge is -2.32. The quantitative estimate of drug-likeness (QED) is 0.630. The van der Waals surface area contributed by atoms with Crippen molar-refractivity contribution < 1.29 is 19.6 Å². The molecule has 1 aromatic heterocycles. The number of nitro benzene ring substituents is 1. The Balaban J connectivity index is 1.80. The van der Waals surface area contributed by atoms with Crippen LogP contribution in [0.3, 0.4) is 0 Å². The smallest absolute Gasteiger partial charge is 0.303 e. The van der Waals surface area contributed by atoms with Crippen LogP contribution in [0.15, 0.2) is 18.2 Å². The molecule has 25 heavy (non-hydrogen) atoms. The number of nitrogens with one attached hydrogen (secondary N) is 1. The minimum atomic E-state index is -0.839. The number of piperidine rings is 1. The van der Waals surface area contributed by atoms with Gasteiger partial charge in [-0.25, -0.2) is 0 Å². The summed E-state index contributed by atoms with van der Waals surface area (Å²) >= 11 is 0. The van der Waals surface area contributed by atoms with Crippen LogP contribution >= 0.6 is 0 Å². The summed E-state index contributed by atoms with van der Waals surface area (Å²) in [4.78, 5) is 35.6. The van der Waals surface area contributed by atoms with Gasteiger partial charge in [-0.2, -0.15) is 5.10 Å². The first-order valence-electron chi connectivity index (χ1n) is 8.09. The summed E-state index contributed by atoms with van der Waals surface area (Å²) in [6.07, 6.45) is 2.32. The molecule has 1 aliphatic rings. The van der Waals surface area contributed by atoms with E-state index in [1.807, 2.05) is 0 Å². The molecule has 0 spiro atoms. The van der Waals surface area contributed by atoms with Crippen molar-refractivity contribution in [2.75, 3.05) is 13.1 Å². The Morgan fingerprint density at radius 3 is 2.96 bits per heavy atom. The Morgan fingerprint density at radius 1 is 1.44 bits per heavy atom. The Kier molecular flexibility index (Phi) is 4.64. The Bertz CT molecular complexity index is 831. The fourth-order valence-electron chi connectivity index (χ4n) is 3.24. The number of likely N-dealkylation sites (tertiary alicyclic amines) is 1. The van der Waals surface area contributed by atoms with E-state index >= 15 is 0 Å². The van der Waals surface area contributed by atoms with Gasteiger partial charge in [0.2, 0.25) is 0 Å². The first kappa shape index (κ1) is 16.9. The van der Waals surface area contributed by atoms with Crippen LogP contribution < -0.4 is 0 Å². The van der Waals surface area contributed by atoms with E-state index in [2.05, 4.69) is 10.2 Å². The molecule has 132 valence electrons. The molecule has 9 heteroatoms. The van der Waals surface area contributed by atoms with Gasteiger partial charge in [-0.15, -0.1) is 0 Å². The predicted octanol–water partition coefficient (Wildman–Crippen LogP) is 2.19. The molecule has 0 saturated carbocycles. The molecule has 0 aliphatic carbocycles. The van der Waals surface area contributed by atoms with Crippen LogP contribution in [0.5, 0.6) is 0 Å². The number of hydrogen-bond acceptors (Lipinski definition) is 5. The molecule has 0 bridgehead atoms. The van der Waals surface area contributed by atoms with Crippen molar-refractivity contribution in [2.45, 2.75) is 25.7 Å². The number of benzene rings is 1. The number of nitro groups is 1. The van der Waals surface area contributed by atoms with Crippen LogP contribution in [-0.2, 0) is 4.79 Å². The number of non-ortho nitro benzene ring substituents is 1. The second kappa shape index (κ2) is 6.88. The fourth-order valence-corrected chi connectivity index (χ4v) is 3.24. The van der Waals surface area contributed by atoms with Crippen molar-refractivity contribution in [1.29, 1.82) is 0 Å². The third-order valence-electron chi connectivity index (χ3n) is 4.53. The van der Waals surface area contributed by atoms with E-state index in [4.69, 9.17) is 5.11 Å². The first-order valence-corrected chi connectivity index (χ1v) is 8.09. The Hall–Kier alpha value is -2.97. The van der Waals surface area contributed by atoms with Crippen LogP contribution in [-0.4, -0.2) is 50.1 Å². The second-order valence-electron chi connectivity index (χ2n) is 6.25. The molecule has 1 fully saturated rings. The fraction of sp³-hybridized carbons (Fsp3) is 0.438. The lowest BCUT2D eigenvalue weighted by molar-refractivity contribution is -0.384. The van der Waals surface area contributed by atoms with Crippen molar-refractivity contribution in [3.05, 3.63) is 34.0 Å². The molecular weight excluding hydrogens is 328 g/mol. The number of amides is 1. The maximum atomic E-state index is 12.8. The van der Waals surface area contributed by atoms with Crippen LogP contribution in [0.4, 0.5) is 5.69 Å². The topological polar surface area (TPSA) is 129 Å². The van der Waals surface area contributed by atoms with E-state index in [0.717, 1.165) is 12.8 Å². The zero-order chi connectivity index (χ0) is 18.0. The van der Waals surface area contributed by atoms with Gasteiger partial charge in [-0.1, -0.05) is 0 Å². The van der Waals surface area contributed by atoms with E-state index in [1.165, 1.54) is 18.2 Å². The molecule has 1 saturated heterocycles. The predicted molar refractivity (Wildman–Crippen MR) is 88.2 cm³/mol. The lowest BCUT2D eigenvalue weighted by Crippen LogP contribution is -2.40. The third-order valence-corrected chi connectivity index (χ3v) is 4.53. The standard InChI is InChI=1S/C16H18N4O5/c21-14(22)6-3-10-2-1-7-19(9-10)16(23)15-12-8-11(20(24)25)4-5-13(12)17-18-15/h4-5,8,10H,1-3,6-7,9H2,(H,17,18)(H,21,22). The van der Waals surface area contributed by atoms with Crippen LogP contribution in [0.1, 0.15) is 36.2 Å². The maximum Gasteiger partial charge on any atom is 0.303 e. The maximum absolute atomic E-state index is 12.8. The second-order valence-corrected chi connectivity index (χ2v) is 6.25. The number of aromatic nitrogens is 2. The molecule has 2 aromatic rings. The summed E-state index contributed by atoms with van der Waals surface area (Å²) in [5.41, 5.74) is 0.631. The number of aliphatic carboxylic acids is 1. The van der Waals surface area contributed by atoms with Crippen molar-refractivity contribution in [3.8, 4) is 0 Å². The van der Waals surface area contributed by atoms with Gasteiger partial charge in [-0.05, 0) is 31.2 Å². The monoisotopic (exact) mass is 346 g/mol. The van der Waals surface area contributed by atoms with Crippen LogP contribution in [0, 0.1) is 16.0 Å². The van der Waals surface area contributed by atoms with Gasteiger partial charge in [0, 0.05) is 37.0 Å². The van der Waals surface area contributed by atoms with Gasteiger partial charge in [0.1, 0.15) is 0 Å². The molecule has 1 aromatic carbocycles. The molecule has 2 N–H and O–H groups in total. The van der Waals surface area contributed by atoms with Crippen molar-refractivity contribution >= 4 is 28.5 Å². The molecule has 1 atom stereocenters. The highest BCUT2D eigenvalue weighted by atomic mass is 16.6. The molecule has 9 nitrogen and oxygen atoms in total. The Morgan fingerprint density at radius 2 is 2.24 bits per heavy atom. The summed E-state index contributed by atoms with van der Waals surface area (Å²) in [7, 11) is 0. The minimum Gasteiger partial charge on any atom is -0.481 e. The minimum absolute atomic E-state index is 0.0875. The highest BCUT2D eigenvalue weighted by Crippen LogP contribution is 2.26. The SMILES string of the molecule is O=C(O)CCC1CCCN(C(=O)c2n[nH]c3ccc([N+](=O)[O-])cc23)C1. The summed E-state index contributed by atoms with van der Waals surface area (Å²) in [6.45, 7) is 1.06. The zero-order valence-electron chi connectivity index (χ0n) is 13.5. The zero-order valence-corrected chi connectivity index (χ0v) is 13.5. The van der Waals surface area contributed by atoms with Crippen LogP contribution in [0.25, 0.3) is 10.9 Å². The number of rotatable bonds is 5. The van der Waals surface area contributed by atoms with Crippen molar-refractivity contribution in [3.63, 3.8) is 0 Å². The number of carboxylic acid groups (broad SMARTS) is 1. The highest BCUT2D eigenvalue weighted by Gasteiger charge is 2.27. The number of H-pyrrole nitrogens is 1. The van der Waals surface area contributed by atoms with Gasteiger partial charge in [0.15, 0.2) is 5.69 Å². The number of carbonyl (C=O) groups excluding carboxylic acids is 1. The van der Waals surface area contributed by atoms with E-state index < -0.39 is 10.9 Å². The summed E-state index contributed by atoms with van der Waals surface area (Å²) in [5.74, 6) is -0.978. The highest BCUT2D eigenvalue weighted by molar-refractivity contribution is 6.05. The number of nitrogens with zero attached hydrogens (tertiary/aromatic N) is 3. The van der Waals surface area contributed by atoms with E-state index in [9.17, 15) is 19.7 Å². The number of carboxylic acids is 1. The number of aromatic amines is 1. The molecular formula is C16H18N4O5. The number of carbonyl (C=O) groups is 2. The molecule has 1 unspecified atom stereocenters. The number of fused-ring (bicyclic) bond motifs is 1. The van der Waals surface area contributed by atoms with Crippen LogP contribution in [0.2, 0.25) is 0 Å². The average molecular weight is 346 g/mol. The normalized spacial score (nSPS) is 17.6. The summed E-state index contributed by atoms with van der Waals surface area (Å²) < 4.78 is 0. The molecule has 1 amide bonds. The third kappa shape index (κ3) is 3.59.